The molecule has 13 heteroatoms. The first kappa shape index (κ1) is 30.7. The highest BCUT2D eigenvalue weighted by Crippen LogP contribution is 2.38. The van der Waals surface area contributed by atoms with Gasteiger partial charge in [0, 0.05) is 56.1 Å². The van der Waals surface area contributed by atoms with Crippen LogP contribution in [-0.4, -0.2) is 100 Å². The van der Waals surface area contributed by atoms with Crippen LogP contribution in [0.3, 0.4) is 0 Å². The number of alkyl halides is 1. The molecule has 1 unspecified atom stereocenters. The molecule has 45 heavy (non-hydrogen) atoms. The minimum Gasteiger partial charge on any atom is -0.462 e. The second kappa shape index (κ2) is 11.9. The minimum absolute atomic E-state index is 0.0449. The standard InChI is InChI=1S/C32H39F2N9O2/c1-19-12-26-25(14-36-39-26)28(20(19)2)41-9-7-24-27(16-41)37-31(45-17-23-13-32(4,34)18-40(23)5)38-29(24)42-10-11-43(30(44)21(3)33)22(15-42)6-8-35/h12,14,22-23H,3,6-7,9-11,13,15-18H2,1-2,4-5H3,(H,36,39)/t22-,23-,32?/m0/s1. The van der Waals surface area contributed by atoms with Gasteiger partial charge in [-0.1, -0.05) is 6.58 Å². The first-order chi connectivity index (χ1) is 21.5. The Bertz CT molecular complexity index is 1680. The minimum atomic E-state index is -1.28. The van der Waals surface area contributed by atoms with E-state index in [0.29, 0.717) is 44.8 Å². The Morgan fingerprint density at radius 3 is 2.76 bits per heavy atom. The molecule has 0 spiro atoms. The zero-order chi connectivity index (χ0) is 32.0. The van der Waals surface area contributed by atoms with Crippen molar-refractivity contribution in [3.05, 3.63) is 47.1 Å². The molecule has 0 saturated carbocycles. The fourth-order valence-electron chi connectivity index (χ4n) is 7.09. The summed E-state index contributed by atoms with van der Waals surface area (Å²) in [5.41, 5.74) is 4.92. The van der Waals surface area contributed by atoms with Gasteiger partial charge < -0.3 is 19.4 Å². The summed E-state index contributed by atoms with van der Waals surface area (Å²) in [7, 11) is 1.89. The Morgan fingerprint density at radius 2 is 2.04 bits per heavy atom. The van der Waals surface area contributed by atoms with Crippen molar-refractivity contribution in [2.75, 3.05) is 56.2 Å². The van der Waals surface area contributed by atoms with Gasteiger partial charge in [0.2, 0.25) is 0 Å². The second-order valence-electron chi connectivity index (χ2n) is 12.8. The molecule has 3 aliphatic heterocycles. The van der Waals surface area contributed by atoms with Crippen LogP contribution in [0.25, 0.3) is 10.9 Å². The summed E-state index contributed by atoms with van der Waals surface area (Å²) < 4.78 is 34.8. The summed E-state index contributed by atoms with van der Waals surface area (Å²) in [4.78, 5) is 30.0. The van der Waals surface area contributed by atoms with E-state index in [4.69, 9.17) is 14.7 Å². The smallest absolute Gasteiger partial charge is 0.318 e. The van der Waals surface area contributed by atoms with Crippen LogP contribution in [0.4, 0.5) is 20.3 Å². The number of hydrogen-bond donors (Lipinski definition) is 1. The Kier molecular flexibility index (Phi) is 8.11. The third kappa shape index (κ3) is 5.91. The third-order valence-corrected chi connectivity index (χ3v) is 9.44. The number of benzene rings is 1. The van der Waals surface area contributed by atoms with Gasteiger partial charge in [-0.15, -0.1) is 0 Å². The molecule has 1 amide bonds. The number of halogens is 2. The fourth-order valence-corrected chi connectivity index (χ4v) is 7.09. The first-order valence-corrected chi connectivity index (χ1v) is 15.3. The van der Waals surface area contributed by atoms with E-state index in [9.17, 15) is 18.8 Å². The lowest BCUT2D eigenvalue weighted by Crippen LogP contribution is -2.55. The van der Waals surface area contributed by atoms with E-state index >= 15 is 0 Å². The molecule has 0 aliphatic carbocycles. The molecule has 1 N–H and O–H groups in total. The van der Waals surface area contributed by atoms with E-state index in [1.807, 2.05) is 23.0 Å². The number of fused-ring (bicyclic) bond motifs is 2. The normalized spacial score (nSPS) is 23.7. The van der Waals surface area contributed by atoms with E-state index in [0.717, 1.165) is 40.0 Å². The van der Waals surface area contributed by atoms with Crippen molar-refractivity contribution in [3.8, 4) is 12.1 Å². The average molecular weight is 620 g/mol. The first-order valence-electron chi connectivity index (χ1n) is 15.3. The Balaban J connectivity index is 1.34. The van der Waals surface area contributed by atoms with Gasteiger partial charge in [-0.2, -0.15) is 20.3 Å². The summed E-state index contributed by atoms with van der Waals surface area (Å²) in [6, 6.07) is 3.79. The molecular weight excluding hydrogens is 580 g/mol. The van der Waals surface area contributed by atoms with Crippen molar-refractivity contribution in [1.29, 1.82) is 5.26 Å². The van der Waals surface area contributed by atoms with Crippen molar-refractivity contribution < 1.29 is 18.3 Å². The monoisotopic (exact) mass is 619 g/mol. The lowest BCUT2D eigenvalue weighted by atomic mass is 9.99. The quantitative estimate of drug-likeness (QED) is 0.395. The molecule has 2 fully saturated rings. The topological polar surface area (TPSA) is 118 Å². The lowest BCUT2D eigenvalue weighted by Gasteiger charge is -2.42. The molecule has 238 valence electrons. The van der Waals surface area contributed by atoms with E-state index in [1.54, 1.807) is 6.92 Å². The number of anilines is 2. The maximum Gasteiger partial charge on any atom is 0.318 e. The molecule has 1 aromatic carbocycles. The van der Waals surface area contributed by atoms with Crippen molar-refractivity contribution in [2.24, 2.45) is 0 Å². The van der Waals surface area contributed by atoms with Crippen LogP contribution in [-0.2, 0) is 17.8 Å². The lowest BCUT2D eigenvalue weighted by molar-refractivity contribution is -0.131. The summed E-state index contributed by atoms with van der Waals surface area (Å²) in [6.45, 7) is 11.7. The zero-order valence-corrected chi connectivity index (χ0v) is 26.2. The Morgan fingerprint density at radius 1 is 1.24 bits per heavy atom. The average Bonchev–Trinajstić information content (AvgIpc) is 3.57. The highest BCUT2D eigenvalue weighted by molar-refractivity contribution is 5.94. The van der Waals surface area contributed by atoms with Crippen LogP contribution in [0.15, 0.2) is 24.7 Å². The number of nitriles is 1. The number of amides is 1. The highest BCUT2D eigenvalue weighted by Gasteiger charge is 2.40. The number of nitrogens with one attached hydrogen (secondary N) is 1. The number of aromatic amines is 1. The van der Waals surface area contributed by atoms with Crippen molar-refractivity contribution in [2.45, 2.75) is 64.3 Å². The maximum atomic E-state index is 14.7. The molecular formula is C32H39F2N9O2. The van der Waals surface area contributed by atoms with Crippen LogP contribution < -0.4 is 14.5 Å². The van der Waals surface area contributed by atoms with Crippen molar-refractivity contribution in [1.82, 2.24) is 30.0 Å². The SMILES string of the molecule is C=C(F)C(=O)N1CCN(c2nc(OC[C@@H]3CC(C)(F)CN3C)nc3c2CCN(c2c(C)c(C)cc4[nH]ncc24)C3)C[C@@H]1CC#N. The molecule has 5 heterocycles. The summed E-state index contributed by atoms with van der Waals surface area (Å²) in [5.74, 6) is -1.15. The Labute approximate surface area is 261 Å². The molecule has 0 bridgehead atoms. The van der Waals surface area contributed by atoms with Gasteiger partial charge in [-0.3, -0.25) is 14.8 Å². The number of H-pyrrole nitrogens is 1. The van der Waals surface area contributed by atoms with Crippen LogP contribution in [0.2, 0.25) is 0 Å². The summed E-state index contributed by atoms with van der Waals surface area (Å²) in [6.07, 6.45) is 2.91. The van der Waals surface area contributed by atoms with E-state index in [-0.39, 0.29) is 31.6 Å². The number of likely N-dealkylation sites (tertiary alicyclic amines) is 1. The maximum absolute atomic E-state index is 14.7. The van der Waals surface area contributed by atoms with Gasteiger partial charge in [0.15, 0.2) is 5.83 Å². The number of likely N-dealkylation sites (N-methyl/N-ethyl adjacent to an activating group) is 1. The van der Waals surface area contributed by atoms with Gasteiger partial charge in [-0.25, -0.2) is 8.78 Å². The molecule has 2 saturated heterocycles. The molecule has 3 atom stereocenters. The van der Waals surface area contributed by atoms with Crippen molar-refractivity contribution in [3.63, 3.8) is 0 Å². The van der Waals surface area contributed by atoms with Gasteiger partial charge in [-0.05, 0) is 51.4 Å². The third-order valence-electron chi connectivity index (χ3n) is 9.44. The van der Waals surface area contributed by atoms with E-state index < -0.39 is 23.4 Å². The summed E-state index contributed by atoms with van der Waals surface area (Å²) in [5, 5.41) is 17.9. The van der Waals surface area contributed by atoms with Crippen LogP contribution in [0, 0.1) is 25.2 Å². The molecule has 0 radical (unpaired) electrons. The molecule has 3 aliphatic rings. The van der Waals surface area contributed by atoms with Crippen LogP contribution in [0.5, 0.6) is 6.01 Å². The van der Waals surface area contributed by atoms with Crippen LogP contribution in [0.1, 0.15) is 42.1 Å². The summed E-state index contributed by atoms with van der Waals surface area (Å²) >= 11 is 0. The number of aromatic nitrogens is 4. The molecule has 11 nitrogen and oxygen atoms in total. The number of carbonyl (C=O) groups excluding carboxylic acids is 1. The van der Waals surface area contributed by atoms with Gasteiger partial charge in [0.05, 0.1) is 48.2 Å². The molecule has 2 aromatic heterocycles. The predicted octanol–water partition coefficient (Wildman–Crippen LogP) is 3.76. The number of aryl methyl sites for hydroxylation is 1. The van der Waals surface area contributed by atoms with Gasteiger partial charge >= 0.3 is 6.01 Å². The number of nitrogens with zero attached hydrogens (tertiary/aromatic N) is 8. The van der Waals surface area contributed by atoms with Crippen molar-refractivity contribution >= 4 is 28.3 Å². The number of ether oxygens (including phenoxy) is 1. The largest absolute Gasteiger partial charge is 0.462 e. The second-order valence-corrected chi connectivity index (χ2v) is 12.8. The highest BCUT2D eigenvalue weighted by atomic mass is 19.1. The fraction of sp³-hybridized carbons (Fsp3) is 0.531. The number of piperazine rings is 1. The van der Waals surface area contributed by atoms with E-state index in [1.165, 1.54) is 10.5 Å². The number of rotatable bonds is 7. The molecule has 3 aromatic rings. The van der Waals surface area contributed by atoms with Crippen LogP contribution >= 0.6 is 0 Å². The predicted molar refractivity (Wildman–Crippen MR) is 167 cm³/mol. The molecule has 6 rings (SSSR count). The van der Waals surface area contributed by atoms with Gasteiger partial charge in [0.1, 0.15) is 18.1 Å². The zero-order valence-electron chi connectivity index (χ0n) is 26.2. The number of carbonyl (C=O) groups is 1. The Hall–Kier alpha value is -4.31. The number of hydrogen-bond acceptors (Lipinski definition) is 9. The van der Waals surface area contributed by atoms with E-state index in [2.05, 4.69) is 47.7 Å². The van der Waals surface area contributed by atoms with Gasteiger partial charge in [0.25, 0.3) is 5.91 Å².